The molecule has 1 aromatic rings. The Balaban J connectivity index is 1.78. The molecule has 120 valence electrons. The van der Waals surface area contributed by atoms with E-state index in [2.05, 4.69) is 27.8 Å². The first-order valence-corrected chi connectivity index (χ1v) is 8.18. The summed E-state index contributed by atoms with van der Waals surface area (Å²) in [5.41, 5.74) is 5.03. The number of rotatable bonds is 8. The minimum atomic E-state index is 0.795. The molecule has 1 aliphatic rings. The average Bonchev–Trinajstić information content (AvgIpc) is 3.06. The molecule has 0 unspecified atom stereocenters. The van der Waals surface area contributed by atoms with Crippen LogP contribution in [0.2, 0.25) is 0 Å². The highest BCUT2D eigenvalue weighted by molar-refractivity contribution is 5.99. The SMILES string of the molecule is CCCCCCOc1ccc(/C(C)=N\NC2=[NH+]CCN2)cc1. The molecule has 3 N–H and O–H groups in total. The first kappa shape index (κ1) is 16.3. The van der Waals surface area contributed by atoms with E-state index in [4.69, 9.17) is 4.74 Å². The van der Waals surface area contributed by atoms with Crippen LogP contribution < -0.4 is 20.5 Å². The standard InChI is InChI=1S/C17H26N4O/c1-3-4-5-6-13-22-16-9-7-15(8-10-16)14(2)20-21-17-18-11-12-19-17/h7-10H,3-6,11-13H2,1-2H3,(H2,18,19,21)/p+1/b20-14-. The van der Waals surface area contributed by atoms with Crippen molar-refractivity contribution >= 4 is 11.7 Å². The van der Waals surface area contributed by atoms with Crippen LogP contribution in [0.15, 0.2) is 29.4 Å². The lowest BCUT2D eigenvalue weighted by Gasteiger charge is -2.07. The Kier molecular flexibility index (Phi) is 6.74. The number of unbranched alkanes of at least 4 members (excludes halogenated alkanes) is 3. The quantitative estimate of drug-likeness (QED) is 0.381. The van der Waals surface area contributed by atoms with Crippen molar-refractivity contribution < 1.29 is 9.73 Å². The van der Waals surface area contributed by atoms with Gasteiger partial charge < -0.3 is 4.74 Å². The van der Waals surface area contributed by atoms with Gasteiger partial charge in [0.05, 0.1) is 25.4 Å². The highest BCUT2D eigenvalue weighted by Gasteiger charge is 2.10. The lowest BCUT2D eigenvalue weighted by atomic mass is 10.1. The maximum Gasteiger partial charge on any atom is 0.367 e. The van der Waals surface area contributed by atoms with Gasteiger partial charge >= 0.3 is 5.96 Å². The predicted molar refractivity (Wildman–Crippen MR) is 90.3 cm³/mol. The summed E-state index contributed by atoms with van der Waals surface area (Å²) < 4.78 is 5.75. The Bertz CT molecular complexity index is 508. The van der Waals surface area contributed by atoms with Crippen molar-refractivity contribution in [3.05, 3.63) is 29.8 Å². The molecule has 1 heterocycles. The van der Waals surface area contributed by atoms with Crippen LogP contribution in [0.4, 0.5) is 0 Å². The molecule has 0 fully saturated rings. The average molecular weight is 303 g/mol. The van der Waals surface area contributed by atoms with Gasteiger partial charge in [0, 0.05) is 0 Å². The van der Waals surface area contributed by atoms with Crippen molar-refractivity contribution in [1.82, 2.24) is 10.7 Å². The molecule has 5 nitrogen and oxygen atoms in total. The number of nitrogens with zero attached hydrogens (tertiary/aromatic N) is 1. The van der Waals surface area contributed by atoms with Crippen molar-refractivity contribution in [2.45, 2.75) is 39.5 Å². The van der Waals surface area contributed by atoms with Gasteiger partial charge in [-0.3, -0.25) is 10.3 Å². The Labute approximate surface area is 132 Å². The van der Waals surface area contributed by atoms with Gasteiger partial charge in [0.25, 0.3) is 0 Å². The molecular weight excluding hydrogens is 276 g/mol. The van der Waals surface area contributed by atoms with Crippen LogP contribution in [0.25, 0.3) is 0 Å². The summed E-state index contributed by atoms with van der Waals surface area (Å²) in [6.45, 7) is 6.87. The smallest absolute Gasteiger partial charge is 0.367 e. The summed E-state index contributed by atoms with van der Waals surface area (Å²) in [6.07, 6.45) is 4.91. The number of ether oxygens (including phenoxy) is 1. The van der Waals surface area contributed by atoms with Crippen LogP contribution in [0.5, 0.6) is 5.75 Å². The van der Waals surface area contributed by atoms with Crippen molar-refractivity contribution in [2.75, 3.05) is 19.7 Å². The van der Waals surface area contributed by atoms with E-state index in [0.717, 1.165) is 49.1 Å². The van der Waals surface area contributed by atoms with Gasteiger partial charge in [-0.25, -0.2) is 0 Å². The van der Waals surface area contributed by atoms with E-state index in [1.165, 1.54) is 19.3 Å². The van der Waals surface area contributed by atoms with Gasteiger partial charge in [0.15, 0.2) is 0 Å². The number of benzene rings is 1. The van der Waals surface area contributed by atoms with Crippen LogP contribution >= 0.6 is 0 Å². The van der Waals surface area contributed by atoms with E-state index >= 15 is 0 Å². The van der Waals surface area contributed by atoms with Crippen molar-refractivity contribution in [3.63, 3.8) is 0 Å². The van der Waals surface area contributed by atoms with Gasteiger partial charge in [-0.1, -0.05) is 26.2 Å². The van der Waals surface area contributed by atoms with E-state index in [0.29, 0.717) is 0 Å². The Hall–Kier alpha value is -2.04. The molecule has 0 saturated heterocycles. The number of hydrazone groups is 1. The molecule has 5 heteroatoms. The topological polar surface area (TPSA) is 59.6 Å². The molecule has 0 aromatic heterocycles. The van der Waals surface area contributed by atoms with Crippen LogP contribution in [-0.2, 0) is 0 Å². The second-order valence-corrected chi connectivity index (χ2v) is 5.47. The fraction of sp³-hybridized carbons (Fsp3) is 0.529. The fourth-order valence-electron chi connectivity index (χ4n) is 2.23. The van der Waals surface area contributed by atoms with E-state index < -0.39 is 0 Å². The molecule has 1 aliphatic heterocycles. The maximum absolute atomic E-state index is 5.75. The Morgan fingerprint density at radius 3 is 2.77 bits per heavy atom. The molecular formula is C17H27N4O+. The highest BCUT2D eigenvalue weighted by Crippen LogP contribution is 2.13. The summed E-state index contributed by atoms with van der Waals surface area (Å²) in [7, 11) is 0. The summed E-state index contributed by atoms with van der Waals surface area (Å²) in [5, 5.41) is 7.54. The predicted octanol–water partition coefficient (Wildman–Crippen LogP) is 0.999. The molecule has 0 atom stereocenters. The molecule has 22 heavy (non-hydrogen) atoms. The van der Waals surface area contributed by atoms with Crippen molar-refractivity contribution in [1.29, 1.82) is 0 Å². The largest absolute Gasteiger partial charge is 0.494 e. The summed E-state index contributed by atoms with van der Waals surface area (Å²) >= 11 is 0. The van der Waals surface area contributed by atoms with Crippen LogP contribution in [-0.4, -0.2) is 31.4 Å². The highest BCUT2D eigenvalue weighted by atomic mass is 16.5. The van der Waals surface area contributed by atoms with E-state index in [-0.39, 0.29) is 0 Å². The molecule has 0 saturated carbocycles. The number of hydrogen-bond acceptors (Lipinski definition) is 4. The molecule has 2 rings (SSSR count). The summed E-state index contributed by atoms with van der Waals surface area (Å²) in [5.74, 6) is 1.79. The number of hydrogen-bond donors (Lipinski definition) is 3. The first-order chi connectivity index (χ1) is 10.8. The monoisotopic (exact) mass is 303 g/mol. The third-order valence-corrected chi connectivity index (χ3v) is 3.60. The number of guanidine groups is 1. The second-order valence-electron chi connectivity index (χ2n) is 5.47. The van der Waals surface area contributed by atoms with E-state index in [9.17, 15) is 0 Å². The number of nitrogens with one attached hydrogen (secondary N) is 3. The summed E-state index contributed by atoms with van der Waals surface area (Å²) in [6, 6.07) is 8.10. The van der Waals surface area contributed by atoms with Crippen molar-refractivity contribution in [3.8, 4) is 5.75 Å². The van der Waals surface area contributed by atoms with E-state index in [1.54, 1.807) is 0 Å². The fourth-order valence-corrected chi connectivity index (χ4v) is 2.23. The lowest BCUT2D eigenvalue weighted by molar-refractivity contribution is -0.446. The molecule has 0 spiro atoms. The van der Waals surface area contributed by atoms with E-state index in [1.807, 2.05) is 31.2 Å². The molecule has 0 bridgehead atoms. The van der Waals surface area contributed by atoms with Gasteiger partial charge in [-0.15, -0.1) is 5.10 Å². The van der Waals surface area contributed by atoms with Gasteiger partial charge in [-0.05, 0) is 43.2 Å². The van der Waals surface area contributed by atoms with Gasteiger partial charge in [-0.2, -0.15) is 5.43 Å². The van der Waals surface area contributed by atoms with Gasteiger partial charge in [0.2, 0.25) is 0 Å². The molecule has 1 aromatic carbocycles. The minimum Gasteiger partial charge on any atom is -0.494 e. The van der Waals surface area contributed by atoms with Gasteiger partial charge in [0.1, 0.15) is 5.75 Å². The van der Waals surface area contributed by atoms with Crippen LogP contribution in [0.3, 0.4) is 0 Å². The normalized spacial score (nSPS) is 14.5. The third kappa shape index (κ3) is 5.39. The Morgan fingerprint density at radius 2 is 2.09 bits per heavy atom. The molecule has 0 aliphatic carbocycles. The second kappa shape index (κ2) is 9.07. The van der Waals surface area contributed by atoms with Crippen LogP contribution in [0, 0.1) is 0 Å². The summed E-state index contributed by atoms with van der Waals surface area (Å²) in [4.78, 5) is 3.18. The maximum atomic E-state index is 5.75. The molecule has 0 radical (unpaired) electrons. The zero-order valence-corrected chi connectivity index (χ0v) is 13.6. The minimum absolute atomic E-state index is 0.795. The molecule has 0 amide bonds. The van der Waals surface area contributed by atoms with Crippen LogP contribution in [0.1, 0.15) is 45.1 Å². The zero-order valence-electron chi connectivity index (χ0n) is 13.6. The lowest BCUT2D eigenvalue weighted by Crippen LogP contribution is -2.73. The first-order valence-electron chi connectivity index (χ1n) is 8.18. The third-order valence-electron chi connectivity index (χ3n) is 3.60. The zero-order chi connectivity index (χ0) is 15.6. The Morgan fingerprint density at radius 1 is 1.27 bits per heavy atom. The van der Waals surface area contributed by atoms with Crippen molar-refractivity contribution in [2.24, 2.45) is 5.10 Å².